The molecule has 5 nitrogen and oxygen atoms in total. The van der Waals surface area contributed by atoms with E-state index >= 15 is 0 Å². The highest BCUT2D eigenvalue weighted by Gasteiger charge is 2.19. The van der Waals surface area contributed by atoms with Crippen molar-refractivity contribution in [1.29, 1.82) is 0 Å². The molecule has 1 aliphatic rings. The van der Waals surface area contributed by atoms with Gasteiger partial charge in [-0.05, 0) is 20.9 Å². The minimum Gasteiger partial charge on any atom is -0.350 e. The van der Waals surface area contributed by atoms with E-state index in [1.807, 2.05) is 25.8 Å². The molecule has 0 bridgehead atoms. The number of piperazine rings is 1. The summed E-state index contributed by atoms with van der Waals surface area (Å²) in [5.74, 6) is 0.00856. The van der Waals surface area contributed by atoms with E-state index in [0.717, 1.165) is 13.1 Å². The lowest BCUT2D eigenvalue weighted by Gasteiger charge is -2.31. The summed E-state index contributed by atoms with van der Waals surface area (Å²) >= 11 is 0. The molecule has 0 aromatic heterocycles. The number of amides is 2. The van der Waals surface area contributed by atoms with Crippen LogP contribution in [-0.4, -0.2) is 60.9 Å². The van der Waals surface area contributed by atoms with Crippen LogP contribution in [0.3, 0.4) is 0 Å². The number of hydrogen-bond donors (Lipinski definition) is 1. The van der Waals surface area contributed by atoms with Gasteiger partial charge in [0.1, 0.15) is 0 Å². The molecule has 0 unspecified atom stereocenters. The predicted molar refractivity (Wildman–Crippen MR) is 66.5 cm³/mol. The summed E-state index contributed by atoms with van der Waals surface area (Å²) in [7, 11) is 1.93. The highest BCUT2D eigenvalue weighted by Crippen LogP contribution is 2.00. The molecule has 0 aromatic rings. The monoisotopic (exact) mass is 239 g/mol. The Kier molecular flexibility index (Phi) is 5.15. The van der Waals surface area contributed by atoms with Crippen LogP contribution in [0, 0.1) is 0 Å². The van der Waals surface area contributed by atoms with E-state index in [1.165, 1.54) is 6.08 Å². The van der Waals surface area contributed by atoms with Gasteiger partial charge in [-0.25, -0.2) is 0 Å². The van der Waals surface area contributed by atoms with Crippen LogP contribution in [-0.2, 0) is 9.59 Å². The topological polar surface area (TPSA) is 52.7 Å². The molecule has 1 aliphatic heterocycles. The molecule has 17 heavy (non-hydrogen) atoms. The first-order valence-electron chi connectivity index (χ1n) is 5.92. The smallest absolute Gasteiger partial charge is 0.243 e. The van der Waals surface area contributed by atoms with Gasteiger partial charge in [-0.1, -0.05) is 6.08 Å². The molecule has 0 radical (unpaired) electrons. The number of carbonyl (C=O) groups excluding carboxylic acids is 2. The lowest BCUT2D eigenvalue weighted by atomic mass is 10.3. The van der Waals surface area contributed by atoms with Crippen molar-refractivity contribution in [3.05, 3.63) is 12.2 Å². The van der Waals surface area contributed by atoms with Crippen molar-refractivity contribution in [3.63, 3.8) is 0 Å². The first-order valence-corrected chi connectivity index (χ1v) is 5.92. The quantitative estimate of drug-likeness (QED) is 0.694. The highest BCUT2D eigenvalue weighted by atomic mass is 16.2. The lowest BCUT2D eigenvalue weighted by molar-refractivity contribution is -0.134. The molecule has 96 valence electrons. The van der Waals surface area contributed by atoms with Crippen molar-refractivity contribution in [1.82, 2.24) is 15.1 Å². The van der Waals surface area contributed by atoms with Crippen LogP contribution in [0.1, 0.15) is 13.8 Å². The average molecular weight is 239 g/mol. The molecule has 0 saturated carbocycles. The molecular formula is C12H21N3O2. The first-order chi connectivity index (χ1) is 7.99. The van der Waals surface area contributed by atoms with Gasteiger partial charge < -0.3 is 10.2 Å². The van der Waals surface area contributed by atoms with Gasteiger partial charge in [-0.2, -0.15) is 0 Å². The summed E-state index contributed by atoms with van der Waals surface area (Å²) in [4.78, 5) is 26.7. The molecule has 0 atom stereocenters. The number of nitrogens with one attached hydrogen (secondary N) is 1. The van der Waals surface area contributed by atoms with E-state index < -0.39 is 0 Å². The van der Waals surface area contributed by atoms with Crippen LogP contribution in [0.4, 0.5) is 0 Å². The van der Waals surface area contributed by atoms with Gasteiger partial charge in [-0.15, -0.1) is 0 Å². The largest absolute Gasteiger partial charge is 0.350 e. The number of nitrogens with zero attached hydrogens (tertiary/aromatic N) is 2. The minimum atomic E-state index is -0.110. The number of hydrogen-bond acceptors (Lipinski definition) is 3. The van der Waals surface area contributed by atoms with Crippen molar-refractivity contribution < 1.29 is 9.59 Å². The van der Waals surface area contributed by atoms with Crippen LogP contribution in [0.5, 0.6) is 0 Å². The summed E-state index contributed by atoms with van der Waals surface area (Å²) < 4.78 is 0. The van der Waals surface area contributed by atoms with Crippen LogP contribution in [0.15, 0.2) is 12.2 Å². The normalized spacial score (nSPS) is 18.1. The standard InChI is InChI=1S/C12H21N3O2/c1-10(2)13-11(16)5-4-6-15-8-7-14(3)9-12(15)17/h4-5,10H,6-9H2,1-3H3,(H,13,16)/b5-4+. The van der Waals surface area contributed by atoms with Gasteiger partial charge in [0.2, 0.25) is 11.8 Å². The molecule has 0 aromatic carbocycles. The molecule has 1 heterocycles. The Morgan fingerprint density at radius 2 is 2.18 bits per heavy atom. The molecule has 0 spiro atoms. The van der Waals surface area contributed by atoms with Crippen LogP contribution >= 0.6 is 0 Å². The molecule has 1 rings (SSSR count). The van der Waals surface area contributed by atoms with Crippen molar-refractivity contribution in [2.45, 2.75) is 19.9 Å². The van der Waals surface area contributed by atoms with Crippen molar-refractivity contribution in [2.24, 2.45) is 0 Å². The Bertz CT molecular complexity index is 313. The Morgan fingerprint density at radius 1 is 1.47 bits per heavy atom. The van der Waals surface area contributed by atoms with E-state index in [1.54, 1.807) is 11.0 Å². The second-order valence-electron chi connectivity index (χ2n) is 4.64. The zero-order valence-electron chi connectivity index (χ0n) is 10.8. The lowest BCUT2D eigenvalue weighted by Crippen LogP contribution is -2.48. The third-order valence-electron chi connectivity index (χ3n) is 2.54. The minimum absolute atomic E-state index is 0.110. The van der Waals surface area contributed by atoms with Gasteiger partial charge in [0.25, 0.3) is 0 Å². The third kappa shape index (κ3) is 4.99. The Hall–Kier alpha value is -1.36. The fourth-order valence-electron chi connectivity index (χ4n) is 1.64. The average Bonchev–Trinajstić information content (AvgIpc) is 2.20. The number of likely N-dealkylation sites (N-methyl/N-ethyl adjacent to an activating group) is 1. The molecule has 5 heteroatoms. The van der Waals surface area contributed by atoms with Crippen LogP contribution < -0.4 is 5.32 Å². The Morgan fingerprint density at radius 3 is 2.76 bits per heavy atom. The third-order valence-corrected chi connectivity index (χ3v) is 2.54. The van der Waals surface area contributed by atoms with Crippen molar-refractivity contribution in [3.8, 4) is 0 Å². The fourth-order valence-corrected chi connectivity index (χ4v) is 1.64. The van der Waals surface area contributed by atoms with Crippen molar-refractivity contribution >= 4 is 11.8 Å². The zero-order valence-corrected chi connectivity index (χ0v) is 10.8. The molecule has 2 amide bonds. The Balaban J connectivity index is 2.33. The van der Waals surface area contributed by atoms with E-state index in [-0.39, 0.29) is 17.9 Å². The number of carbonyl (C=O) groups is 2. The summed E-state index contributed by atoms with van der Waals surface area (Å²) in [5.41, 5.74) is 0. The molecular weight excluding hydrogens is 218 g/mol. The van der Waals surface area contributed by atoms with Crippen LogP contribution in [0.25, 0.3) is 0 Å². The van der Waals surface area contributed by atoms with Gasteiger partial charge >= 0.3 is 0 Å². The molecule has 1 fully saturated rings. The predicted octanol–water partition coefficient (Wildman–Crippen LogP) is -0.159. The first kappa shape index (κ1) is 13.7. The second-order valence-corrected chi connectivity index (χ2v) is 4.64. The molecule has 1 saturated heterocycles. The van der Waals surface area contributed by atoms with Gasteiger partial charge in [0.05, 0.1) is 6.54 Å². The zero-order chi connectivity index (χ0) is 12.8. The summed E-state index contributed by atoms with van der Waals surface area (Å²) in [6.45, 7) is 6.42. The SMILES string of the molecule is CC(C)NC(=O)/C=C/CN1CCN(C)CC1=O. The van der Waals surface area contributed by atoms with Gasteiger partial charge in [-0.3, -0.25) is 14.5 Å². The summed E-state index contributed by atoms with van der Waals surface area (Å²) in [5, 5.41) is 2.76. The van der Waals surface area contributed by atoms with E-state index in [4.69, 9.17) is 0 Å². The highest BCUT2D eigenvalue weighted by molar-refractivity contribution is 5.87. The summed E-state index contributed by atoms with van der Waals surface area (Å²) in [6.07, 6.45) is 3.23. The van der Waals surface area contributed by atoms with Gasteiger partial charge in [0.15, 0.2) is 0 Å². The molecule has 1 N–H and O–H groups in total. The Labute approximate surface area is 102 Å². The maximum Gasteiger partial charge on any atom is 0.243 e. The van der Waals surface area contributed by atoms with E-state index in [9.17, 15) is 9.59 Å². The van der Waals surface area contributed by atoms with Crippen molar-refractivity contribution in [2.75, 3.05) is 33.2 Å². The van der Waals surface area contributed by atoms with E-state index in [0.29, 0.717) is 13.1 Å². The maximum absolute atomic E-state index is 11.6. The number of rotatable bonds is 4. The second kappa shape index (κ2) is 6.39. The summed E-state index contributed by atoms with van der Waals surface area (Å²) in [6, 6.07) is 0.136. The maximum atomic E-state index is 11.6. The van der Waals surface area contributed by atoms with E-state index in [2.05, 4.69) is 5.32 Å². The molecule has 0 aliphatic carbocycles. The van der Waals surface area contributed by atoms with Gasteiger partial charge in [0, 0.05) is 31.8 Å². The van der Waals surface area contributed by atoms with Crippen LogP contribution in [0.2, 0.25) is 0 Å². The fraction of sp³-hybridized carbons (Fsp3) is 0.667.